The van der Waals surface area contributed by atoms with Crippen molar-refractivity contribution in [2.75, 3.05) is 30.8 Å². The van der Waals surface area contributed by atoms with E-state index in [-0.39, 0.29) is 5.56 Å². The van der Waals surface area contributed by atoms with Crippen LogP contribution in [0.15, 0.2) is 12.3 Å². The topological polar surface area (TPSA) is 97.5 Å². The molecular weight excluding hydrogens is 246 g/mol. The summed E-state index contributed by atoms with van der Waals surface area (Å²) in [6.07, 6.45) is 4.77. The van der Waals surface area contributed by atoms with Gasteiger partial charge in [0.05, 0.1) is 11.3 Å². The molecule has 0 radical (unpaired) electrons. The average molecular weight is 265 g/mol. The lowest BCUT2D eigenvalue weighted by molar-refractivity contribution is 0.0696. The highest BCUT2D eigenvalue weighted by atomic mass is 16.5. The van der Waals surface area contributed by atoms with Crippen LogP contribution in [0.5, 0.6) is 0 Å². The maximum atomic E-state index is 10.7. The predicted octanol–water partition coefficient (Wildman–Crippen LogP) is 1.59. The van der Waals surface area contributed by atoms with Gasteiger partial charge in [0.15, 0.2) is 0 Å². The van der Waals surface area contributed by atoms with Crippen molar-refractivity contribution in [2.45, 2.75) is 19.3 Å². The monoisotopic (exact) mass is 265 g/mol. The van der Waals surface area contributed by atoms with Gasteiger partial charge in [-0.05, 0) is 31.2 Å². The summed E-state index contributed by atoms with van der Waals surface area (Å²) in [5, 5.41) is 11.9. The minimum absolute atomic E-state index is 0.0933. The average Bonchev–Trinajstić information content (AvgIpc) is 3.19. The fraction of sp³-hybridized carbons (Fsp3) is 0.538. The number of carbonyl (C=O) groups is 1. The zero-order valence-corrected chi connectivity index (χ0v) is 10.8. The number of pyridine rings is 1. The molecule has 1 heterocycles. The molecule has 19 heavy (non-hydrogen) atoms. The van der Waals surface area contributed by atoms with Crippen LogP contribution in [0.3, 0.4) is 0 Å². The Balaban J connectivity index is 1.68. The number of ether oxygens (including phenoxy) is 1. The van der Waals surface area contributed by atoms with Crippen molar-refractivity contribution in [3.63, 3.8) is 0 Å². The van der Waals surface area contributed by atoms with Crippen molar-refractivity contribution in [2.24, 2.45) is 5.92 Å². The number of nitrogens with two attached hydrogens (primary N) is 1. The third kappa shape index (κ3) is 4.40. The minimum atomic E-state index is -1.03. The predicted molar refractivity (Wildman–Crippen MR) is 72.3 cm³/mol. The first-order valence-corrected chi connectivity index (χ1v) is 6.47. The lowest BCUT2D eigenvalue weighted by Gasteiger charge is -2.09. The van der Waals surface area contributed by atoms with Crippen LogP contribution in [0, 0.1) is 5.92 Å². The number of nitrogens with zero attached hydrogens (tertiary/aromatic N) is 1. The van der Waals surface area contributed by atoms with Crippen LogP contribution >= 0.6 is 0 Å². The maximum Gasteiger partial charge on any atom is 0.337 e. The Kier molecular flexibility index (Phi) is 4.57. The number of nitrogens with one attached hydrogen (secondary N) is 1. The van der Waals surface area contributed by atoms with Crippen molar-refractivity contribution in [3.05, 3.63) is 17.8 Å². The van der Waals surface area contributed by atoms with Crippen molar-refractivity contribution in [3.8, 4) is 0 Å². The number of rotatable bonds is 8. The van der Waals surface area contributed by atoms with Gasteiger partial charge in [-0.1, -0.05) is 0 Å². The number of carboxylic acid groups (broad SMARTS) is 1. The fourth-order valence-electron chi connectivity index (χ4n) is 1.66. The van der Waals surface area contributed by atoms with Gasteiger partial charge in [0.2, 0.25) is 0 Å². The summed E-state index contributed by atoms with van der Waals surface area (Å²) < 4.78 is 5.51. The molecule has 0 saturated heterocycles. The molecule has 104 valence electrons. The lowest BCUT2D eigenvalue weighted by atomic mass is 10.2. The van der Waals surface area contributed by atoms with E-state index in [1.165, 1.54) is 25.1 Å². The largest absolute Gasteiger partial charge is 0.478 e. The summed E-state index contributed by atoms with van der Waals surface area (Å²) in [7, 11) is 0. The number of hydrogen-bond donors (Lipinski definition) is 3. The van der Waals surface area contributed by atoms with Crippen molar-refractivity contribution < 1.29 is 14.6 Å². The first kappa shape index (κ1) is 13.6. The van der Waals surface area contributed by atoms with E-state index in [2.05, 4.69) is 10.3 Å². The van der Waals surface area contributed by atoms with E-state index in [1.807, 2.05) is 0 Å². The summed E-state index contributed by atoms with van der Waals surface area (Å²) in [4.78, 5) is 14.7. The normalized spacial score (nSPS) is 14.3. The number of carboxylic acids is 1. The first-order valence-electron chi connectivity index (χ1n) is 6.47. The van der Waals surface area contributed by atoms with Gasteiger partial charge in [-0.3, -0.25) is 0 Å². The smallest absolute Gasteiger partial charge is 0.337 e. The van der Waals surface area contributed by atoms with E-state index in [9.17, 15) is 4.79 Å². The second kappa shape index (κ2) is 6.38. The van der Waals surface area contributed by atoms with Gasteiger partial charge in [-0.2, -0.15) is 0 Å². The Labute approximate surface area is 112 Å². The quantitative estimate of drug-likeness (QED) is 0.617. The number of nitrogen functional groups attached to an aromatic ring is 1. The van der Waals surface area contributed by atoms with Crippen LogP contribution in [-0.4, -0.2) is 35.8 Å². The Morgan fingerprint density at radius 2 is 2.37 bits per heavy atom. The van der Waals surface area contributed by atoms with Crippen molar-refractivity contribution in [1.29, 1.82) is 0 Å². The van der Waals surface area contributed by atoms with Gasteiger partial charge in [-0.25, -0.2) is 9.78 Å². The van der Waals surface area contributed by atoms with Gasteiger partial charge < -0.3 is 20.9 Å². The molecule has 0 aliphatic heterocycles. The SMILES string of the molecule is Nc1cc(C(=O)O)cnc1NCCCOCC1CC1. The van der Waals surface area contributed by atoms with Crippen LogP contribution in [0.2, 0.25) is 0 Å². The van der Waals surface area contributed by atoms with Gasteiger partial charge in [0.25, 0.3) is 0 Å². The summed E-state index contributed by atoms with van der Waals surface area (Å²) in [5.41, 5.74) is 6.17. The number of aromatic nitrogens is 1. The van der Waals surface area contributed by atoms with Crippen LogP contribution in [0.1, 0.15) is 29.6 Å². The Bertz CT molecular complexity index is 447. The Hall–Kier alpha value is -1.82. The molecule has 0 unspecified atom stereocenters. The Morgan fingerprint density at radius 3 is 3.00 bits per heavy atom. The highest BCUT2D eigenvalue weighted by Gasteiger charge is 2.20. The Morgan fingerprint density at radius 1 is 1.58 bits per heavy atom. The molecular formula is C13H19N3O3. The molecule has 6 heteroatoms. The highest BCUT2D eigenvalue weighted by molar-refractivity contribution is 5.89. The highest BCUT2D eigenvalue weighted by Crippen LogP contribution is 2.28. The third-order valence-corrected chi connectivity index (χ3v) is 2.97. The molecule has 1 aliphatic carbocycles. The van der Waals surface area contributed by atoms with Crippen LogP contribution < -0.4 is 11.1 Å². The van der Waals surface area contributed by atoms with Gasteiger partial charge >= 0.3 is 5.97 Å². The maximum absolute atomic E-state index is 10.7. The summed E-state index contributed by atoms with van der Waals surface area (Å²) in [6.45, 7) is 2.29. The minimum Gasteiger partial charge on any atom is -0.478 e. The molecule has 0 bridgehead atoms. The van der Waals surface area contributed by atoms with E-state index in [0.29, 0.717) is 18.1 Å². The van der Waals surface area contributed by atoms with E-state index >= 15 is 0 Å². The summed E-state index contributed by atoms with van der Waals surface area (Å²) in [5.74, 6) is 0.278. The van der Waals surface area contributed by atoms with E-state index in [0.717, 1.165) is 25.6 Å². The van der Waals surface area contributed by atoms with Gasteiger partial charge in [0, 0.05) is 26.0 Å². The molecule has 4 N–H and O–H groups in total. The van der Waals surface area contributed by atoms with E-state index < -0.39 is 5.97 Å². The molecule has 6 nitrogen and oxygen atoms in total. The lowest BCUT2D eigenvalue weighted by Crippen LogP contribution is -2.10. The second-order valence-corrected chi connectivity index (χ2v) is 4.77. The second-order valence-electron chi connectivity index (χ2n) is 4.77. The number of hydrogen-bond acceptors (Lipinski definition) is 5. The molecule has 0 atom stereocenters. The van der Waals surface area contributed by atoms with Gasteiger partial charge in [0.1, 0.15) is 5.82 Å². The molecule has 1 fully saturated rings. The molecule has 1 aliphatic rings. The van der Waals surface area contributed by atoms with Crippen molar-refractivity contribution >= 4 is 17.5 Å². The summed E-state index contributed by atoms with van der Waals surface area (Å²) >= 11 is 0. The number of aromatic carboxylic acids is 1. The molecule has 1 saturated carbocycles. The number of anilines is 2. The standard InChI is InChI=1S/C13H19N3O3/c14-11-6-10(13(17)18)7-16-12(11)15-4-1-5-19-8-9-2-3-9/h6-7,9H,1-5,8,14H2,(H,15,16)(H,17,18). The first-order chi connectivity index (χ1) is 9.16. The van der Waals surface area contributed by atoms with E-state index in [4.69, 9.17) is 15.6 Å². The molecule has 0 spiro atoms. The van der Waals surface area contributed by atoms with Gasteiger partial charge in [-0.15, -0.1) is 0 Å². The molecule has 1 aromatic rings. The third-order valence-electron chi connectivity index (χ3n) is 2.97. The van der Waals surface area contributed by atoms with Crippen molar-refractivity contribution in [1.82, 2.24) is 4.98 Å². The fourth-order valence-corrected chi connectivity index (χ4v) is 1.66. The molecule has 1 aromatic heterocycles. The molecule has 0 amide bonds. The zero-order valence-electron chi connectivity index (χ0n) is 10.8. The van der Waals surface area contributed by atoms with Crippen LogP contribution in [-0.2, 0) is 4.74 Å². The summed E-state index contributed by atoms with van der Waals surface area (Å²) in [6, 6.07) is 1.40. The van der Waals surface area contributed by atoms with Crippen LogP contribution in [0.25, 0.3) is 0 Å². The molecule has 2 rings (SSSR count). The van der Waals surface area contributed by atoms with Crippen LogP contribution in [0.4, 0.5) is 11.5 Å². The molecule has 0 aromatic carbocycles. The zero-order chi connectivity index (χ0) is 13.7. The van der Waals surface area contributed by atoms with E-state index in [1.54, 1.807) is 0 Å².